The van der Waals surface area contributed by atoms with Gasteiger partial charge in [-0.2, -0.15) is 0 Å². The molecule has 1 aromatic heterocycles. The number of halogens is 2. The van der Waals surface area contributed by atoms with E-state index in [0.29, 0.717) is 6.07 Å². The van der Waals surface area contributed by atoms with E-state index in [-0.39, 0.29) is 25.7 Å². The minimum Gasteiger partial charge on any atom is -0.388 e. The molecule has 4 N–H and O–H groups in total. The summed E-state index contributed by atoms with van der Waals surface area (Å²) >= 11 is 0.891. The van der Waals surface area contributed by atoms with Gasteiger partial charge in [-0.05, 0) is 31.0 Å². The van der Waals surface area contributed by atoms with Crippen LogP contribution in [-0.2, 0) is 21.2 Å². The Kier molecular flexibility index (Phi) is 9.05. The number of carbonyl (C=O) groups is 2. The maximum Gasteiger partial charge on any atom is 0.271 e. The standard InChI is InChI=1S/C20H26F2N4O6S2.2H2/c1-10(23-11(2)27)17(28)18(29)15(7-12-5-13(21)8-14(22)6-12)24-19(30)16-9-33-20(25-16)26(3)34(4,31)32;;/h5-6,8-10,15,17-18,28-29H,7H2,1-4H3,(H,23,27)(H,24,30);2*1H/t10-,15+,17-,18-;;/m1../s1. The van der Waals surface area contributed by atoms with E-state index in [0.717, 1.165) is 34.0 Å². The smallest absolute Gasteiger partial charge is 0.271 e. The SMILES string of the molecule is CC(=O)N[C@H](C)[C@@H](O)[C@H](O)[C@H](Cc1cc(F)cc(F)c1)NC(=O)c1csc(N(C)S(C)(=O)=O)n1.[HH].[HH]. The molecule has 192 valence electrons. The summed E-state index contributed by atoms with van der Waals surface area (Å²) in [4.78, 5) is 28.1. The van der Waals surface area contributed by atoms with Crippen LogP contribution in [0, 0.1) is 11.6 Å². The van der Waals surface area contributed by atoms with E-state index in [1.165, 1.54) is 26.3 Å². The van der Waals surface area contributed by atoms with E-state index >= 15 is 0 Å². The van der Waals surface area contributed by atoms with Crippen molar-refractivity contribution in [3.63, 3.8) is 0 Å². The number of anilines is 1. The third kappa shape index (κ3) is 7.41. The molecule has 0 fully saturated rings. The first kappa shape index (κ1) is 27.6. The molecule has 4 atom stereocenters. The summed E-state index contributed by atoms with van der Waals surface area (Å²) in [6.07, 6.45) is -2.51. The van der Waals surface area contributed by atoms with E-state index in [4.69, 9.17) is 0 Å². The number of hydrogen-bond acceptors (Lipinski definition) is 8. The van der Waals surface area contributed by atoms with Crippen LogP contribution in [0.4, 0.5) is 13.9 Å². The molecule has 1 heterocycles. The highest BCUT2D eigenvalue weighted by molar-refractivity contribution is 7.92. The van der Waals surface area contributed by atoms with E-state index in [1.807, 2.05) is 0 Å². The van der Waals surface area contributed by atoms with Gasteiger partial charge in [0.25, 0.3) is 5.91 Å². The lowest BCUT2D eigenvalue weighted by molar-refractivity contribution is -0.121. The van der Waals surface area contributed by atoms with E-state index in [1.54, 1.807) is 0 Å². The van der Waals surface area contributed by atoms with Crippen LogP contribution in [0.5, 0.6) is 0 Å². The van der Waals surface area contributed by atoms with Crippen LogP contribution in [0.25, 0.3) is 0 Å². The largest absolute Gasteiger partial charge is 0.388 e. The summed E-state index contributed by atoms with van der Waals surface area (Å²) < 4.78 is 51.6. The number of nitrogens with one attached hydrogen (secondary N) is 2. The van der Waals surface area contributed by atoms with Gasteiger partial charge in [0.05, 0.1) is 18.3 Å². The van der Waals surface area contributed by atoms with Crippen LogP contribution in [0.15, 0.2) is 23.6 Å². The Morgan fingerprint density at radius 3 is 2.29 bits per heavy atom. The fourth-order valence-corrected chi connectivity index (χ4v) is 4.61. The number of carbonyl (C=O) groups excluding carboxylic acids is 2. The Morgan fingerprint density at radius 2 is 1.76 bits per heavy atom. The molecule has 0 aliphatic heterocycles. The van der Waals surface area contributed by atoms with Gasteiger partial charge in [-0.1, -0.05) is 0 Å². The Labute approximate surface area is 202 Å². The molecule has 2 aromatic rings. The minimum atomic E-state index is -3.61. The summed E-state index contributed by atoms with van der Waals surface area (Å²) in [5.41, 5.74) is -0.0699. The first-order chi connectivity index (χ1) is 15.7. The van der Waals surface area contributed by atoms with Crippen molar-refractivity contribution in [1.82, 2.24) is 15.6 Å². The van der Waals surface area contributed by atoms with Gasteiger partial charge >= 0.3 is 0 Å². The average molecular weight is 525 g/mol. The second-order valence-corrected chi connectivity index (χ2v) is 10.6. The van der Waals surface area contributed by atoms with Crippen molar-refractivity contribution in [2.75, 3.05) is 17.6 Å². The third-order valence-corrected chi connectivity index (χ3v) is 7.09. The average Bonchev–Trinajstić information content (AvgIpc) is 3.19. The topological polar surface area (TPSA) is 149 Å². The van der Waals surface area contributed by atoms with E-state index in [9.17, 15) is 37.0 Å². The molecule has 0 aliphatic carbocycles. The number of aliphatic hydroxyl groups excluding tert-OH is 2. The van der Waals surface area contributed by atoms with Crippen molar-refractivity contribution in [3.05, 3.63) is 46.5 Å². The molecule has 2 rings (SSSR count). The number of benzene rings is 1. The quantitative estimate of drug-likeness (QED) is 0.361. The molecule has 0 bridgehead atoms. The van der Waals surface area contributed by atoms with E-state index < -0.39 is 57.8 Å². The highest BCUT2D eigenvalue weighted by atomic mass is 32.2. The number of rotatable bonds is 10. The van der Waals surface area contributed by atoms with Crippen molar-refractivity contribution >= 4 is 38.3 Å². The first-order valence-corrected chi connectivity index (χ1v) is 12.7. The number of amides is 2. The second-order valence-electron chi connectivity index (χ2n) is 7.78. The fourth-order valence-electron chi connectivity index (χ4n) is 3.08. The number of sulfonamides is 1. The van der Waals surface area contributed by atoms with Gasteiger partial charge in [0, 0.05) is 28.3 Å². The predicted octanol–water partition coefficient (Wildman–Crippen LogP) is 0.897. The number of hydrogen-bond donors (Lipinski definition) is 4. The lowest BCUT2D eigenvalue weighted by Crippen LogP contribution is -2.55. The maximum absolute atomic E-state index is 13.7. The van der Waals surface area contributed by atoms with Gasteiger partial charge < -0.3 is 20.8 Å². The van der Waals surface area contributed by atoms with Crippen LogP contribution in [0.2, 0.25) is 0 Å². The van der Waals surface area contributed by atoms with Gasteiger partial charge in [-0.3, -0.25) is 9.59 Å². The fraction of sp³-hybridized carbons (Fsp3) is 0.450. The molecule has 10 nitrogen and oxygen atoms in total. The second kappa shape index (κ2) is 11.2. The minimum absolute atomic E-state index is 0. The molecule has 34 heavy (non-hydrogen) atoms. The van der Waals surface area contributed by atoms with Gasteiger partial charge in [-0.25, -0.2) is 26.5 Å². The van der Waals surface area contributed by atoms with Crippen molar-refractivity contribution in [3.8, 4) is 0 Å². The zero-order valence-electron chi connectivity index (χ0n) is 18.8. The summed E-state index contributed by atoms with van der Waals surface area (Å²) in [6.45, 7) is 2.65. The first-order valence-electron chi connectivity index (χ1n) is 9.97. The molecule has 1 aromatic carbocycles. The Morgan fingerprint density at radius 1 is 1.18 bits per heavy atom. The van der Waals surface area contributed by atoms with Gasteiger partial charge in [0.2, 0.25) is 15.9 Å². The number of thiazole rings is 1. The number of aromatic nitrogens is 1. The molecule has 0 saturated heterocycles. The van der Waals surface area contributed by atoms with Crippen LogP contribution in [-0.4, -0.2) is 73.0 Å². The summed E-state index contributed by atoms with van der Waals surface area (Å²) in [7, 11) is -2.35. The van der Waals surface area contributed by atoms with Crippen molar-refractivity contribution < 1.29 is 39.9 Å². The lowest BCUT2D eigenvalue weighted by atomic mass is 9.94. The predicted molar refractivity (Wildman–Crippen MR) is 126 cm³/mol. The Balaban J connectivity index is 0.00000612. The zero-order valence-corrected chi connectivity index (χ0v) is 20.5. The highest BCUT2D eigenvalue weighted by Gasteiger charge is 2.33. The third-order valence-electron chi connectivity index (χ3n) is 4.89. The number of aliphatic hydroxyl groups is 2. The Bertz CT molecular complexity index is 1130. The molecular weight excluding hydrogens is 494 g/mol. The lowest BCUT2D eigenvalue weighted by Gasteiger charge is -2.31. The molecule has 0 spiro atoms. The molecular formula is C20H30F2N4O6S2. The van der Waals surface area contributed by atoms with Gasteiger partial charge in [0.1, 0.15) is 29.5 Å². The van der Waals surface area contributed by atoms with Crippen LogP contribution >= 0.6 is 11.3 Å². The van der Waals surface area contributed by atoms with Crippen LogP contribution in [0.3, 0.4) is 0 Å². The number of nitrogens with zero attached hydrogens (tertiary/aromatic N) is 2. The molecule has 0 aliphatic rings. The monoisotopic (exact) mass is 524 g/mol. The van der Waals surface area contributed by atoms with Crippen LogP contribution < -0.4 is 14.9 Å². The van der Waals surface area contributed by atoms with Crippen molar-refractivity contribution in [1.29, 1.82) is 0 Å². The molecule has 2 amide bonds. The highest BCUT2D eigenvalue weighted by Crippen LogP contribution is 2.22. The normalized spacial score (nSPS) is 15.2. The molecule has 0 saturated carbocycles. The Hall–Kier alpha value is -2.68. The summed E-state index contributed by atoms with van der Waals surface area (Å²) in [6, 6.07) is 0.528. The van der Waals surface area contributed by atoms with E-state index in [2.05, 4.69) is 15.6 Å². The molecule has 0 unspecified atom stereocenters. The molecule has 14 heteroatoms. The van der Waals surface area contributed by atoms with Gasteiger partial charge in [0.15, 0.2) is 5.13 Å². The van der Waals surface area contributed by atoms with Crippen molar-refractivity contribution in [2.45, 2.75) is 44.6 Å². The molecule has 0 radical (unpaired) electrons. The van der Waals surface area contributed by atoms with Crippen molar-refractivity contribution in [2.24, 2.45) is 0 Å². The summed E-state index contributed by atoms with van der Waals surface area (Å²) in [5.74, 6) is -3.01. The van der Waals surface area contributed by atoms with Crippen LogP contribution in [0.1, 0.15) is 32.8 Å². The zero-order chi connectivity index (χ0) is 25.8. The summed E-state index contributed by atoms with van der Waals surface area (Å²) in [5, 5.41) is 27.5. The maximum atomic E-state index is 13.7. The van der Waals surface area contributed by atoms with Gasteiger partial charge in [-0.15, -0.1) is 11.3 Å².